The largest absolute Gasteiger partial charge is 0.376 e. The number of tetrazole rings is 1. The van der Waals surface area contributed by atoms with E-state index in [-0.39, 0.29) is 17.3 Å². The molecule has 24 heavy (non-hydrogen) atoms. The fourth-order valence-electron chi connectivity index (χ4n) is 2.27. The third kappa shape index (κ3) is 4.43. The summed E-state index contributed by atoms with van der Waals surface area (Å²) >= 11 is 7.07. The van der Waals surface area contributed by atoms with Crippen molar-refractivity contribution in [3.8, 4) is 0 Å². The van der Waals surface area contributed by atoms with Gasteiger partial charge in [0.25, 0.3) is 0 Å². The summed E-state index contributed by atoms with van der Waals surface area (Å²) in [5.74, 6) is 0.275. The lowest BCUT2D eigenvalue weighted by Gasteiger charge is -2.13. The predicted molar refractivity (Wildman–Crippen MR) is 90.0 cm³/mol. The molecule has 2 aromatic rings. The van der Waals surface area contributed by atoms with E-state index in [4.69, 9.17) is 16.3 Å². The Kier molecular flexibility index (Phi) is 5.64. The van der Waals surface area contributed by atoms with Crippen molar-refractivity contribution < 1.29 is 9.53 Å². The average Bonchev–Trinajstić information content (AvgIpc) is 3.22. The second kappa shape index (κ2) is 7.91. The first-order chi connectivity index (χ1) is 11.6. The molecule has 1 N–H and O–H groups in total. The van der Waals surface area contributed by atoms with Crippen LogP contribution in [-0.4, -0.2) is 49.1 Å². The highest BCUT2D eigenvalue weighted by Gasteiger charge is 2.22. The molecule has 0 saturated carbocycles. The number of thioether (sulfide) groups is 1. The van der Waals surface area contributed by atoms with Gasteiger partial charge in [-0.3, -0.25) is 4.79 Å². The third-order valence-corrected chi connectivity index (χ3v) is 4.82. The molecule has 8 nitrogen and oxygen atoms in total. The molecule has 0 aromatic carbocycles. The first kappa shape index (κ1) is 17.1. The molecular weight excluding hydrogens is 352 g/mol. The molecular formula is C14H17ClN6O2S. The van der Waals surface area contributed by atoms with E-state index in [1.54, 1.807) is 23.7 Å². The first-order valence-corrected chi connectivity index (χ1v) is 8.84. The highest BCUT2D eigenvalue weighted by atomic mass is 35.5. The van der Waals surface area contributed by atoms with Gasteiger partial charge in [-0.05, 0) is 42.3 Å². The summed E-state index contributed by atoms with van der Waals surface area (Å²) in [6, 6.07) is 3.32. The molecule has 3 rings (SSSR count). The SMILES string of the molecule is C[C@H](Sc1nnnn1C[C@H]1CCCO1)C(=O)Nc1ccc(Cl)cn1. The lowest BCUT2D eigenvalue weighted by molar-refractivity contribution is -0.115. The van der Waals surface area contributed by atoms with Gasteiger partial charge in [-0.1, -0.05) is 23.4 Å². The number of halogens is 1. The van der Waals surface area contributed by atoms with Crippen LogP contribution in [0.5, 0.6) is 0 Å². The molecule has 2 aromatic heterocycles. The zero-order chi connectivity index (χ0) is 16.9. The number of aromatic nitrogens is 5. The summed E-state index contributed by atoms with van der Waals surface area (Å²) in [5.41, 5.74) is 0. The van der Waals surface area contributed by atoms with Gasteiger partial charge in [-0.2, -0.15) is 0 Å². The van der Waals surface area contributed by atoms with Crippen LogP contribution < -0.4 is 5.32 Å². The van der Waals surface area contributed by atoms with Crippen LogP contribution in [0.2, 0.25) is 5.02 Å². The van der Waals surface area contributed by atoms with Crippen molar-refractivity contribution in [1.82, 2.24) is 25.2 Å². The molecule has 10 heteroatoms. The molecule has 0 aliphatic carbocycles. The van der Waals surface area contributed by atoms with Gasteiger partial charge in [0.05, 0.1) is 22.9 Å². The van der Waals surface area contributed by atoms with Crippen LogP contribution in [0.1, 0.15) is 19.8 Å². The zero-order valence-corrected chi connectivity index (χ0v) is 14.6. The van der Waals surface area contributed by atoms with Gasteiger partial charge in [-0.25, -0.2) is 9.67 Å². The normalized spacial score (nSPS) is 18.5. The summed E-state index contributed by atoms with van der Waals surface area (Å²) in [6.07, 6.45) is 3.68. The van der Waals surface area contributed by atoms with Gasteiger partial charge in [0, 0.05) is 12.8 Å². The molecule has 1 aliphatic rings. The van der Waals surface area contributed by atoms with Crippen molar-refractivity contribution in [2.24, 2.45) is 0 Å². The van der Waals surface area contributed by atoms with Crippen molar-refractivity contribution in [2.75, 3.05) is 11.9 Å². The predicted octanol–water partition coefficient (Wildman–Crippen LogP) is 2.02. The Balaban J connectivity index is 1.57. The van der Waals surface area contributed by atoms with E-state index in [2.05, 4.69) is 25.8 Å². The minimum Gasteiger partial charge on any atom is -0.376 e. The van der Waals surface area contributed by atoms with Crippen LogP contribution in [0.15, 0.2) is 23.5 Å². The van der Waals surface area contributed by atoms with Crippen LogP contribution in [-0.2, 0) is 16.1 Å². The fraction of sp³-hybridized carbons (Fsp3) is 0.500. The number of anilines is 1. The zero-order valence-electron chi connectivity index (χ0n) is 13.1. The second-order valence-corrected chi connectivity index (χ2v) is 7.13. The van der Waals surface area contributed by atoms with E-state index in [0.717, 1.165) is 19.4 Å². The minimum absolute atomic E-state index is 0.134. The Morgan fingerprint density at radius 2 is 2.46 bits per heavy atom. The molecule has 128 valence electrons. The van der Waals surface area contributed by atoms with Gasteiger partial charge in [0.2, 0.25) is 11.1 Å². The molecule has 3 heterocycles. The molecule has 0 unspecified atom stereocenters. The number of ether oxygens (including phenoxy) is 1. The third-order valence-electron chi connectivity index (χ3n) is 3.53. The Hall–Kier alpha value is -1.71. The van der Waals surface area contributed by atoms with Crippen LogP contribution in [0.3, 0.4) is 0 Å². The number of hydrogen-bond donors (Lipinski definition) is 1. The fourth-order valence-corrected chi connectivity index (χ4v) is 3.18. The average molecular weight is 369 g/mol. The number of carbonyl (C=O) groups excluding carboxylic acids is 1. The maximum absolute atomic E-state index is 12.3. The monoisotopic (exact) mass is 368 g/mol. The van der Waals surface area contributed by atoms with Crippen LogP contribution in [0.25, 0.3) is 0 Å². The van der Waals surface area contributed by atoms with E-state index in [1.807, 2.05) is 0 Å². The van der Waals surface area contributed by atoms with Crippen LogP contribution in [0.4, 0.5) is 5.82 Å². The Morgan fingerprint density at radius 1 is 1.58 bits per heavy atom. The molecule has 1 aliphatic heterocycles. The molecule has 0 radical (unpaired) electrons. The Labute approximate surface area is 148 Å². The number of nitrogens with zero attached hydrogens (tertiary/aromatic N) is 5. The van der Waals surface area contributed by atoms with E-state index in [0.29, 0.717) is 22.5 Å². The van der Waals surface area contributed by atoms with Crippen LogP contribution in [0, 0.1) is 0 Å². The topological polar surface area (TPSA) is 94.8 Å². The van der Waals surface area contributed by atoms with Crippen LogP contribution >= 0.6 is 23.4 Å². The molecule has 1 amide bonds. The lowest BCUT2D eigenvalue weighted by atomic mass is 10.2. The van der Waals surface area contributed by atoms with Crippen molar-refractivity contribution in [2.45, 2.75) is 42.8 Å². The molecule has 2 atom stereocenters. The first-order valence-electron chi connectivity index (χ1n) is 7.58. The minimum atomic E-state index is -0.378. The summed E-state index contributed by atoms with van der Waals surface area (Å²) in [7, 11) is 0. The van der Waals surface area contributed by atoms with E-state index in [9.17, 15) is 4.79 Å². The van der Waals surface area contributed by atoms with E-state index < -0.39 is 0 Å². The molecule has 1 fully saturated rings. The second-order valence-electron chi connectivity index (χ2n) is 5.39. The number of nitrogens with one attached hydrogen (secondary N) is 1. The smallest absolute Gasteiger partial charge is 0.238 e. The number of hydrogen-bond acceptors (Lipinski definition) is 7. The summed E-state index contributed by atoms with van der Waals surface area (Å²) in [6.45, 7) is 3.17. The quantitative estimate of drug-likeness (QED) is 0.779. The van der Waals surface area contributed by atoms with Gasteiger partial charge in [0.15, 0.2) is 0 Å². The Morgan fingerprint density at radius 3 is 3.17 bits per heavy atom. The number of amides is 1. The highest BCUT2D eigenvalue weighted by molar-refractivity contribution is 8.00. The molecule has 1 saturated heterocycles. The Bertz CT molecular complexity index is 689. The standard InChI is InChI=1S/C14H17ClN6O2S/c1-9(13(22)17-12-5-4-10(15)7-16-12)24-14-18-19-20-21(14)8-11-3-2-6-23-11/h4-5,7,9,11H,2-3,6,8H2,1H3,(H,16,17,22)/t9-,11+/m0/s1. The van der Waals surface area contributed by atoms with Crippen molar-refractivity contribution in [3.05, 3.63) is 23.4 Å². The van der Waals surface area contributed by atoms with Gasteiger partial charge >= 0.3 is 0 Å². The summed E-state index contributed by atoms with van der Waals surface area (Å²) in [5, 5.41) is 15.2. The molecule has 0 spiro atoms. The highest BCUT2D eigenvalue weighted by Crippen LogP contribution is 2.23. The summed E-state index contributed by atoms with van der Waals surface area (Å²) in [4.78, 5) is 16.3. The molecule has 0 bridgehead atoms. The maximum Gasteiger partial charge on any atom is 0.238 e. The van der Waals surface area contributed by atoms with Gasteiger partial charge < -0.3 is 10.1 Å². The van der Waals surface area contributed by atoms with Crippen molar-refractivity contribution in [1.29, 1.82) is 0 Å². The van der Waals surface area contributed by atoms with E-state index >= 15 is 0 Å². The van der Waals surface area contributed by atoms with Crippen molar-refractivity contribution >= 4 is 35.1 Å². The number of rotatable bonds is 6. The van der Waals surface area contributed by atoms with Gasteiger partial charge in [0.1, 0.15) is 5.82 Å². The summed E-state index contributed by atoms with van der Waals surface area (Å²) < 4.78 is 7.28. The lowest BCUT2D eigenvalue weighted by Crippen LogP contribution is -2.24. The van der Waals surface area contributed by atoms with Crippen molar-refractivity contribution in [3.63, 3.8) is 0 Å². The van der Waals surface area contributed by atoms with Gasteiger partial charge in [-0.15, -0.1) is 5.10 Å². The number of pyridine rings is 1. The van der Waals surface area contributed by atoms with E-state index in [1.165, 1.54) is 18.0 Å². The number of carbonyl (C=O) groups is 1. The maximum atomic E-state index is 12.3.